The van der Waals surface area contributed by atoms with Crippen molar-refractivity contribution < 1.29 is 13.9 Å². The van der Waals surface area contributed by atoms with Gasteiger partial charge in [0.25, 0.3) is 0 Å². The summed E-state index contributed by atoms with van der Waals surface area (Å²) >= 11 is 0. The smallest absolute Gasteiger partial charge is 0.321 e. The summed E-state index contributed by atoms with van der Waals surface area (Å²) in [6, 6.07) is 4.62. The van der Waals surface area contributed by atoms with Gasteiger partial charge in [0.05, 0.1) is 19.3 Å². The molecule has 0 amide bonds. The molecular formula is C13H15FN4O2. The Morgan fingerprint density at radius 3 is 2.65 bits per heavy atom. The van der Waals surface area contributed by atoms with E-state index >= 15 is 0 Å². The summed E-state index contributed by atoms with van der Waals surface area (Å²) in [5.74, 6) is 0.473. The number of aromatic nitrogens is 3. The summed E-state index contributed by atoms with van der Waals surface area (Å²) in [4.78, 5) is 12.2. The van der Waals surface area contributed by atoms with Crippen LogP contribution in [0.1, 0.15) is 6.92 Å². The highest BCUT2D eigenvalue weighted by atomic mass is 19.1. The number of nitrogens with one attached hydrogen (secondary N) is 1. The molecule has 0 saturated carbocycles. The molecule has 0 unspecified atom stereocenters. The fourth-order valence-corrected chi connectivity index (χ4v) is 1.59. The van der Waals surface area contributed by atoms with Gasteiger partial charge in [-0.15, -0.1) is 0 Å². The Bertz CT molecular complexity index is 607. The standard InChI is InChI=1S/C13H15FN4O2/c1-4-20-13-17-11(16-12(15-2)18-13)9-6-5-8(19-3)7-10(9)14/h5-7H,4H2,1-3H3,(H,15,16,17,18). The molecule has 0 bridgehead atoms. The molecule has 1 heterocycles. The van der Waals surface area contributed by atoms with Crippen LogP contribution in [0.15, 0.2) is 18.2 Å². The lowest BCUT2D eigenvalue weighted by Gasteiger charge is -2.08. The average molecular weight is 278 g/mol. The molecule has 1 N–H and O–H groups in total. The Morgan fingerprint density at radius 2 is 2.05 bits per heavy atom. The van der Waals surface area contributed by atoms with E-state index in [1.807, 2.05) is 6.92 Å². The van der Waals surface area contributed by atoms with E-state index in [1.165, 1.54) is 13.2 Å². The molecule has 0 spiro atoms. The SMILES string of the molecule is CCOc1nc(NC)nc(-c2ccc(OC)cc2F)n1. The summed E-state index contributed by atoms with van der Waals surface area (Å²) in [5, 5.41) is 2.79. The van der Waals surface area contributed by atoms with Crippen molar-refractivity contribution in [3.05, 3.63) is 24.0 Å². The predicted molar refractivity (Wildman–Crippen MR) is 72.5 cm³/mol. The molecule has 1 aromatic carbocycles. The van der Waals surface area contributed by atoms with Crippen molar-refractivity contribution in [1.82, 2.24) is 15.0 Å². The van der Waals surface area contributed by atoms with Gasteiger partial charge in [-0.1, -0.05) is 0 Å². The molecule has 2 rings (SSSR count). The van der Waals surface area contributed by atoms with Crippen LogP contribution in [0, 0.1) is 5.82 Å². The molecule has 0 atom stereocenters. The van der Waals surface area contributed by atoms with Crippen molar-refractivity contribution in [2.45, 2.75) is 6.92 Å². The highest BCUT2D eigenvalue weighted by Gasteiger charge is 2.13. The van der Waals surface area contributed by atoms with Gasteiger partial charge in [-0.05, 0) is 19.1 Å². The lowest BCUT2D eigenvalue weighted by molar-refractivity contribution is 0.312. The van der Waals surface area contributed by atoms with Crippen molar-refractivity contribution in [2.75, 3.05) is 26.1 Å². The summed E-state index contributed by atoms with van der Waals surface area (Å²) in [7, 11) is 3.14. The first-order valence-corrected chi connectivity index (χ1v) is 6.08. The molecular weight excluding hydrogens is 263 g/mol. The second-order valence-electron chi connectivity index (χ2n) is 3.79. The van der Waals surface area contributed by atoms with Crippen molar-refractivity contribution >= 4 is 5.95 Å². The maximum Gasteiger partial charge on any atom is 0.321 e. The minimum absolute atomic E-state index is 0.150. The van der Waals surface area contributed by atoms with Crippen LogP contribution in [0.25, 0.3) is 11.4 Å². The molecule has 0 saturated heterocycles. The highest BCUT2D eigenvalue weighted by molar-refractivity contribution is 5.58. The van der Waals surface area contributed by atoms with Gasteiger partial charge in [0.1, 0.15) is 11.6 Å². The van der Waals surface area contributed by atoms with E-state index in [0.29, 0.717) is 18.3 Å². The van der Waals surface area contributed by atoms with Crippen LogP contribution in [0.2, 0.25) is 0 Å². The molecule has 0 fully saturated rings. The zero-order valence-electron chi connectivity index (χ0n) is 11.5. The number of rotatable bonds is 5. The van der Waals surface area contributed by atoms with Crippen molar-refractivity contribution in [2.24, 2.45) is 0 Å². The highest BCUT2D eigenvalue weighted by Crippen LogP contribution is 2.25. The summed E-state index contributed by atoms with van der Waals surface area (Å²) in [6.45, 7) is 2.23. The Hall–Kier alpha value is -2.44. The summed E-state index contributed by atoms with van der Waals surface area (Å²) in [5.41, 5.74) is 0.255. The van der Waals surface area contributed by atoms with E-state index in [2.05, 4.69) is 20.3 Å². The Kier molecular flexibility index (Phi) is 4.29. The third kappa shape index (κ3) is 2.93. The first kappa shape index (κ1) is 14.0. The van der Waals surface area contributed by atoms with Crippen molar-refractivity contribution in [1.29, 1.82) is 0 Å². The zero-order valence-corrected chi connectivity index (χ0v) is 11.5. The quantitative estimate of drug-likeness (QED) is 0.903. The van der Waals surface area contributed by atoms with Crippen LogP contribution in [0.3, 0.4) is 0 Å². The number of nitrogens with zero attached hydrogens (tertiary/aromatic N) is 3. The monoisotopic (exact) mass is 278 g/mol. The van der Waals surface area contributed by atoms with E-state index in [-0.39, 0.29) is 17.4 Å². The lowest BCUT2D eigenvalue weighted by atomic mass is 10.2. The van der Waals surface area contributed by atoms with Crippen molar-refractivity contribution in [3.8, 4) is 23.1 Å². The van der Waals surface area contributed by atoms with E-state index in [9.17, 15) is 4.39 Å². The van der Waals surface area contributed by atoms with Crippen LogP contribution < -0.4 is 14.8 Å². The van der Waals surface area contributed by atoms with Gasteiger partial charge in [0.2, 0.25) is 5.95 Å². The van der Waals surface area contributed by atoms with Gasteiger partial charge < -0.3 is 14.8 Å². The maximum absolute atomic E-state index is 14.0. The number of anilines is 1. The largest absolute Gasteiger partial charge is 0.497 e. The molecule has 0 radical (unpaired) electrons. The molecule has 106 valence electrons. The normalized spacial score (nSPS) is 10.2. The van der Waals surface area contributed by atoms with Crippen LogP contribution in [-0.2, 0) is 0 Å². The molecule has 20 heavy (non-hydrogen) atoms. The molecule has 6 nitrogen and oxygen atoms in total. The van der Waals surface area contributed by atoms with Crippen LogP contribution in [0.5, 0.6) is 11.8 Å². The third-order valence-corrected chi connectivity index (χ3v) is 2.53. The van der Waals surface area contributed by atoms with Gasteiger partial charge in [-0.2, -0.15) is 15.0 Å². The third-order valence-electron chi connectivity index (χ3n) is 2.53. The molecule has 0 aliphatic heterocycles. The fourth-order valence-electron chi connectivity index (χ4n) is 1.59. The Labute approximate surface area is 116 Å². The first-order chi connectivity index (χ1) is 9.67. The lowest BCUT2D eigenvalue weighted by Crippen LogP contribution is -2.05. The first-order valence-electron chi connectivity index (χ1n) is 6.08. The van der Waals surface area contributed by atoms with E-state index < -0.39 is 5.82 Å². The minimum atomic E-state index is -0.472. The summed E-state index contributed by atoms with van der Waals surface area (Å²) in [6.07, 6.45) is 0. The van der Waals surface area contributed by atoms with Gasteiger partial charge in [0, 0.05) is 13.1 Å². The number of halogens is 1. The van der Waals surface area contributed by atoms with Crippen LogP contribution in [-0.4, -0.2) is 35.7 Å². The Morgan fingerprint density at radius 1 is 1.25 bits per heavy atom. The second-order valence-corrected chi connectivity index (χ2v) is 3.79. The molecule has 7 heteroatoms. The Balaban J connectivity index is 2.48. The van der Waals surface area contributed by atoms with Gasteiger partial charge in [0.15, 0.2) is 5.82 Å². The summed E-state index contributed by atoms with van der Waals surface area (Å²) < 4.78 is 24.2. The predicted octanol–water partition coefficient (Wildman–Crippen LogP) is 2.13. The van der Waals surface area contributed by atoms with Gasteiger partial charge in [-0.3, -0.25) is 0 Å². The second kappa shape index (κ2) is 6.14. The van der Waals surface area contributed by atoms with Gasteiger partial charge in [-0.25, -0.2) is 4.39 Å². The maximum atomic E-state index is 14.0. The molecule has 2 aromatic rings. The number of hydrogen-bond acceptors (Lipinski definition) is 6. The van der Waals surface area contributed by atoms with Crippen LogP contribution in [0.4, 0.5) is 10.3 Å². The van der Waals surface area contributed by atoms with Crippen molar-refractivity contribution in [3.63, 3.8) is 0 Å². The number of benzene rings is 1. The fraction of sp³-hybridized carbons (Fsp3) is 0.308. The topological polar surface area (TPSA) is 69.2 Å². The molecule has 1 aromatic heterocycles. The van der Waals surface area contributed by atoms with E-state index in [4.69, 9.17) is 9.47 Å². The van der Waals surface area contributed by atoms with E-state index in [1.54, 1.807) is 19.2 Å². The number of hydrogen-bond donors (Lipinski definition) is 1. The number of ether oxygens (including phenoxy) is 2. The zero-order chi connectivity index (χ0) is 14.5. The van der Waals surface area contributed by atoms with Crippen LogP contribution >= 0.6 is 0 Å². The van der Waals surface area contributed by atoms with E-state index in [0.717, 1.165) is 0 Å². The van der Waals surface area contributed by atoms with Gasteiger partial charge >= 0.3 is 6.01 Å². The minimum Gasteiger partial charge on any atom is -0.497 e. The molecule has 0 aliphatic carbocycles. The molecule has 0 aliphatic rings. The number of methoxy groups -OCH3 is 1. The average Bonchev–Trinajstić information content (AvgIpc) is 2.47.